The van der Waals surface area contributed by atoms with E-state index in [2.05, 4.69) is 53.4 Å². The van der Waals surface area contributed by atoms with E-state index in [1.165, 1.54) is 20.8 Å². The van der Waals surface area contributed by atoms with E-state index < -0.39 is 57.7 Å². The van der Waals surface area contributed by atoms with E-state index in [4.69, 9.17) is 18.9 Å². The van der Waals surface area contributed by atoms with E-state index in [-0.39, 0.29) is 41.5 Å². The van der Waals surface area contributed by atoms with Crippen LogP contribution in [0.2, 0.25) is 0 Å². The van der Waals surface area contributed by atoms with Crippen molar-refractivity contribution in [2.75, 3.05) is 32.8 Å². The molecule has 0 saturated heterocycles. The highest BCUT2D eigenvalue weighted by Crippen LogP contribution is 2.75. The third kappa shape index (κ3) is 6.34. The SMILES string of the molecule is CCN(CC)CCOC(=O)[C@]12CC[C@@H](C)[C@H](C)C1C1=CC(=O)C3[C@@]4(C)C[C@@H](OC(C)=O)[C@H](OC(C)=O)[C@@](C)(COC(C)=O)C4CC[C@@]3(C)[C@]1(C)CC2. The molecule has 5 aliphatic carbocycles. The summed E-state index contributed by atoms with van der Waals surface area (Å²) < 4.78 is 23.8. The highest BCUT2D eigenvalue weighted by Gasteiger charge is 2.73. The van der Waals surface area contributed by atoms with Crippen molar-refractivity contribution in [1.29, 1.82) is 0 Å². The number of hydrogen-bond donors (Lipinski definition) is 0. The minimum absolute atomic E-state index is 0.0370. The number of carbonyl (C=O) groups excluding carboxylic acids is 5. The molecule has 0 N–H and O–H groups in total. The van der Waals surface area contributed by atoms with Crippen LogP contribution in [0.25, 0.3) is 0 Å². The van der Waals surface area contributed by atoms with Crippen molar-refractivity contribution < 1.29 is 42.9 Å². The van der Waals surface area contributed by atoms with Gasteiger partial charge in [0.1, 0.15) is 25.4 Å². The molecular formula is C42H65NO9. The molecule has 0 aromatic heterocycles. The van der Waals surface area contributed by atoms with Crippen molar-refractivity contribution in [3.05, 3.63) is 11.6 Å². The number of ether oxygens (including phenoxy) is 4. The number of hydrogen-bond acceptors (Lipinski definition) is 10. The summed E-state index contributed by atoms with van der Waals surface area (Å²) in [6.07, 6.45) is 5.16. The van der Waals surface area contributed by atoms with Gasteiger partial charge in [0.25, 0.3) is 0 Å². The van der Waals surface area contributed by atoms with Crippen molar-refractivity contribution in [1.82, 2.24) is 4.90 Å². The second kappa shape index (κ2) is 14.5. The molecule has 0 aliphatic heterocycles. The first-order chi connectivity index (χ1) is 24.3. The van der Waals surface area contributed by atoms with Gasteiger partial charge in [0.15, 0.2) is 5.78 Å². The van der Waals surface area contributed by atoms with E-state index in [9.17, 15) is 19.2 Å². The summed E-state index contributed by atoms with van der Waals surface area (Å²) in [7, 11) is 0. The first kappa shape index (κ1) is 40.4. The average Bonchev–Trinajstić information content (AvgIpc) is 3.05. The van der Waals surface area contributed by atoms with Gasteiger partial charge >= 0.3 is 23.9 Å². The molecule has 3 unspecified atom stereocenters. The quantitative estimate of drug-likeness (QED) is 0.177. The minimum Gasteiger partial charge on any atom is -0.465 e. The predicted octanol–water partition coefficient (Wildman–Crippen LogP) is 6.72. The molecule has 0 amide bonds. The molecule has 10 heteroatoms. The Balaban J connectivity index is 1.60. The lowest BCUT2D eigenvalue weighted by Gasteiger charge is -2.71. The zero-order valence-electron chi connectivity index (χ0n) is 33.7. The standard InChI is InChI=1S/C42H65NO9/c1-12-43(13-2)20-21-49-37(48)42-17-14-25(3)26(4)34(42)30-22-31(47)35-38(8)23-32(51-28(6)45)36(52-29(7)46)39(9,24-50-27(5)44)33(38)15-16-41(35,11)40(30,10)18-19-42/h22,25-26,32-36H,12-21,23-24H2,1-11H3/t25-,26+,32-,33?,34?,35?,36+,38+,39+,40-,41-,42+/m1/s1. The van der Waals surface area contributed by atoms with Crippen LogP contribution in [-0.4, -0.2) is 79.6 Å². The highest BCUT2D eigenvalue weighted by atomic mass is 16.6. The largest absolute Gasteiger partial charge is 0.465 e. The van der Waals surface area contributed by atoms with Crippen LogP contribution in [0.15, 0.2) is 11.6 Å². The third-order valence-electron chi connectivity index (χ3n) is 15.6. The number of carbonyl (C=O) groups is 5. The van der Waals surface area contributed by atoms with Crippen LogP contribution in [-0.2, 0) is 42.9 Å². The Bertz CT molecular complexity index is 1470. The molecular weight excluding hydrogens is 662 g/mol. The lowest BCUT2D eigenvalue weighted by Crippen LogP contribution is -2.70. The van der Waals surface area contributed by atoms with Crippen LogP contribution in [0, 0.1) is 56.7 Å². The lowest BCUT2D eigenvalue weighted by molar-refractivity contribution is -0.252. The van der Waals surface area contributed by atoms with E-state index in [1.807, 2.05) is 13.0 Å². The third-order valence-corrected chi connectivity index (χ3v) is 15.6. The van der Waals surface area contributed by atoms with Crippen molar-refractivity contribution in [3.63, 3.8) is 0 Å². The number of esters is 4. The van der Waals surface area contributed by atoms with Crippen molar-refractivity contribution in [2.24, 2.45) is 56.7 Å². The fourth-order valence-corrected chi connectivity index (χ4v) is 12.7. The summed E-state index contributed by atoms with van der Waals surface area (Å²) >= 11 is 0. The molecule has 5 rings (SSSR count). The first-order valence-corrected chi connectivity index (χ1v) is 19.9. The molecule has 0 bridgehead atoms. The number of rotatable bonds is 10. The van der Waals surface area contributed by atoms with Crippen molar-refractivity contribution in [3.8, 4) is 0 Å². The lowest BCUT2D eigenvalue weighted by atomic mass is 9.33. The monoisotopic (exact) mass is 727 g/mol. The maximum absolute atomic E-state index is 15.1. The zero-order valence-corrected chi connectivity index (χ0v) is 33.7. The first-order valence-electron chi connectivity index (χ1n) is 19.9. The molecule has 0 radical (unpaired) electrons. The van der Waals surface area contributed by atoms with Gasteiger partial charge in [0.05, 0.1) is 5.41 Å². The Kier molecular flexibility index (Phi) is 11.3. The number of nitrogens with zero attached hydrogens (tertiary/aromatic N) is 1. The topological polar surface area (TPSA) is 126 Å². The second-order valence-electron chi connectivity index (χ2n) is 18.1. The summed E-state index contributed by atoms with van der Waals surface area (Å²) in [6, 6.07) is 0. The van der Waals surface area contributed by atoms with Gasteiger partial charge in [-0.15, -0.1) is 0 Å². The summed E-state index contributed by atoms with van der Waals surface area (Å²) in [5, 5.41) is 0. The number of likely N-dealkylation sites (N-methyl/N-ethyl adjacent to an activating group) is 1. The smallest absolute Gasteiger partial charge is 0.312 e. The molecule has 0 spiro atoms. The molecule has 0 heterocycles. The van der Waals surface area contributed by atoms with Gasteiger partial charge in [-0.25, -0.2) is 0 Å². The molecule has 52 heavy (non-hydrogen) atoms. The van der Waals surface area contributed by atoms with Crippen LogP contribution >= 0.6 is 0 Å². The van der Waals surface area contributed by atoms with Gasteiger partial charge in [-0.05, 0) is 104 Å². The van der Waals surface area contributed by atoms with Gasteiger partial charge in [0, 0.05) is 38.6 Å². The Morgan fingerprint density at radius 2 is 1.50 bits per heavy atom. The highest BCUT2D eigenvalue weighted by molar-refractivity contribution is 5.96. The molecule has 0 aromatic rings. The molecule has 5 aliphatic rings. The Labute approximate surface area is 311 Å². The number of ketones is 1. The van der Waals surface area contributed by atoms with E-state index in [0.29, 0.717) is 38.3 Å². The van der Waals surface area contributed by atoms with Crippen LogP contribution in [0.3, 0.4) is 0 Å². The summed E-state index contributed by atoms with van der Waals surface area (Å²) in [6.45, 7) is 24.3. The van der Waals surface area contributed by atoms with Crippen LogP contribution < -0.4 is 0 Å². The molecule has 10 nitrogen and oxygen atoms in total. The maximum atomic E-state index is 15.1. The van der Waals surface area contributed by atoms with Gasteiger partial charge in [-0.2, -0.15) is 0 Å². The Morgan fingerprint density at radius 1 is 0.846 bits per heavy atom. The van der Waals surface area contributed by atoms with Gasteiger partial charge in [0.2, 0.25) is 0 Å². The van der Waals surface area contributed by atoms with E-state index >= 15 is 4.79 Å². The molecule has 292 valence electrons. The van der Waals surface area contributed by atoms with Crippen LogP contribution in [0.4, 0.5) is 0 Å². The number of allylic oxidation sites excluding steroid dienone is 2. The van der Waals surface area contributed by atoms with Gasteiger partial charge in [-0.1, -0.05) is 61.0 Å². The van der Waals surface area contributed by atoms with Gasteiger partial charge < -0.3 is 23.8 Å². The van der Waals surface area contributed by atoms with Crippen LogP contribution in [0.5, 0.6) is 0 Å². The molecule has 12 atom stereocenters. The average molecular weight is 728 g/mol. The fraction of sp³-hybridized carbons (Fsp3) is 0.833. The molecule has 4 fully saturated rings. The summed E-state index contributed by atoms with van der Waals surface area (Å²) in [4.78, 5) is 69.1. The maximum Gasteiger partial charge on any atom is 0.312 e. The molecule has 4 saturated carbocycles. The normalized spacial score (nSPS) is 42.4. The van der Waals surface area contributed by atoms with Crippen molar-refractivity contribution >= 4 is 29.7 Å². The van der Waals surface area contributed by atoms with Gasteiger partial charge in [-0.3, -0.25) is 24.0 Å². The Morgan fingerprint density at radius 3 is 2.10 bits per heavy atom. The second-order valence-corrected chi connectivity index (χ2v) is 18.1. The Hall–Kier alpha value is -2.75. The predicted molar refractivity (Wildman–Crippen MR) is 196 cm³/mol. The summed E-state index contributed by atoms with van der Waals surface area (Å²) in [5.41, 5.74) is -2.04. The number of fused-ring (bicyclic) bond motifs is 7. The summed E-state index contributed by atoms with van der Waals surface area (Å²) in [5.74, 6) is -1.70. The van der Waals surface area contributed by atoms with Crippen LogP contribution in [0.1, 0.15) is 121 Å². The van der Waals surface area contributed by atoms with E-state index in [0.717, 1.165) is 44.3 Å². The molecule has 0 aromatic carbocycles. The van der Waals surface area contributed by atoms with Crippen molar-refractivity contribution in [2.45, 2.75) is 133 Å². The zero-order chi connectivity index (χ0) is 38.6. The van der Waals surface area contributed by atoms with E-state index in [1.54, 1.807) is 0 Å². The fourth-order valence-electron chi connectivity index (χ4n) is 12.7. The minimum atomic E-state index is -0.930.